The lowest BCUT2D eigenvalue weighted by Crippen LogP contribution is -2.36. The predicted octanol–water partition coefficient (Wildman–Crippen LogP) is 2.37. The third-order valence-corrected chi connectivity index (χ3v) is 7.28. The van der Waals surface area contributed by atoms with Crippen molar-refractivity contribution < 1.29 is 32.2 Å². The second-order valence-electron chi connectivity index (χ2n) is 7.63. The average Bonchev–Trinajstić information content (AvgIpc) is 2.82. The SMILES string of the molecule is COC(=O)CN(Cc1cc(OC)cc(OC)c1)S(=O)(=O)c1ccc2c(c1)CCCN2C(C)=O. The Balaban J connectivity index is 2.00. The lowest BCUT2D eigenvalue weighted by molar-refractivity contribution is -0.140. The average molecular weight is 477 g/mol. The highest BCUT2D eigenvalue weighted by molar-refractivity contribution is 7.89. The quantitative estimate of drug-likeness (QED) is 0.539. The molecule has 0 fully saturated rings. The number of carbonyl (C=O) groups excluding carboxylic acids is 2. The maximum atomic E-state index is 13.6. The summed E-state index contributed by atoms with van der Waals surface area (Å²) in [6, 6.07) is 9.72. The number of fused-ring (bicyclic) bond motifs is 1. The van der Waals surface area contributed by atoms with E-state index < -0.39 is 22.5 Å². The Labute approximate surface area is 193 Å². The molecule has 0 saturated heterocycles. The minimum atomic E-state index is -4.07. The molecule has 0 radical (unpaired) electrons. The Bertz CT molecular complexity index is 1130. The fourth-order valence-electron chi connectivity index (χ4n) is 3.81. The van der Waals surface area contributed by atoms with Crippen LogP contribution in [0.2, 0.25) is 0 Å². The molecule has 0 aliphatic carbocycles. The molecule has 2 aromatic rings. The summed E-state index contributed by atoms with van der Waals surface area (Å²) in [5.41, 5.74) is 2.07. The van der Waals surface area contributed by atoms with Crippen LogP contribution in [0.4, 0.5) is 5.69 Å². The summed E-state index contributed by atoms with van der Waals surface area (Å²) >= 11 is 0. The van der Waals surface area contributed by atoms with Crippen molar-refractivity contribution in [3.63, 3.8) is 0 Å². The van der Waals surface area contributed by atoms with E-state index in [-0.39, 0.29) is 17.3 Å². The summed E-state index contributed by atoms with van der Waals surface area (Å²) in [6.45, 7) is 1.53. The number of carbonyl (C=O) groups is 2. The van der Waals surface area contributed by atoms with Gasteiger partial charge in [0.2, 0.25) is 15.9 Å². The Kier molecular flexibility index (Phi) is 7.60. The minimum Gasteiger partial charge on any atom is -0.497 e. The topological polar surface area (TPSA) is 102 Å². The Morgan fingerprint density at radius 3 is 2.27 bits per heavy atom. The summed E-state index contributed by atoms with van der Waals surface area (Å²) in [5, 5.41) is 0. The number of sulfonamides is 1. The second-order valence-corrected chi connectivity index (χ2v) is 9.57. The van der Waals surface area contributed by atoms with Crippen LogP contribution in [-0.2, 0) is 37.3 Å². The number of benzene rings is 2. The number of anilines is 1. The summed E-state index contributed by atoms with van der Waals surface area (Å²) in [4.78, 5) is 25.7. The van der Waals surface area contributed by atoms with Crippen LogP contribution in [0.15, 0.2) is 41.3 Å². The van der Waals surface area contributed by atoms with Gasteiger partial charge in [0.15, 0.2) is 0 Å². The van der Waals surface area contributed by atoms with Crippen LogP contribution in [0.1, 0.15) is 24.5 Å². The van der Waals surface area contributed by atoms with Gasteiger partial charge in [-0.15, -0.1) is 0 Å². The molecule has 0 spiro atoms. The van der Waals surface area contributed by atoms with Crippen LogP contribution in [0.5, 0.6) is 11.5 Å². The molecule has 10 heteroatoms. The number of hydrogen-bond acceptors (Lipinski definition) is 7. The first kappa shape index (κ1) is 24.5. The van der Waals surface area contributed by atoms with Gasteiger partial charge in [0.05, 0.1) is 26.2 Å². The van der Waals surface area contributed by atoms with Gasteiger partial charge in [-0.25, -0.2) is 8.42 Å². The maximum Gasteiger partial charge on any atom is 0.321 e. The third kappa shape index (κ3) is 5.45. The molecule has 0 unspecified atom stereocenters. The molecule has 9 nitrogen and oxygen atoms in total. The van der Waals surface area contributed by atoms with Crippen molar-refractivity contribution >= 4 is 27.6 Å². The van der Waals surface area contributed by atoms with E-state index in [2.05, 4.69) is 0 Å². The largest absolute Gasteiger partial charge is 0.497 e. The van der Waals surface area contributed by atoms with E-state index in [0.29, 0.717) is 35.7 Å². The van der Waals surface area contributed by atoms with Gasteiger partial charge in [0.25, 0.3) is 0 Å². The number of esters is 1. The highest BCUT2D eigenvalue weighted by Gasteiger charge is 2.30. The Hall–Kier alpha value is -3.11. The number of rotatable bonds is 8. The van der Waals surface area contributed by atoms with Gasteiger partial charge in [0.1, 0.15) is 18.0 Å². The molecule has 1 heterocycles. The monoisotopic (exact) mass is 476 g/mol. The molecule has 1 aliphatic rings. The van der Waals surface area contributed by atoms with Crippen molar-refractivity contribution in [1.29, 1.82) is 0 Å². The highest BCUT2D eigenvalue weighted by Crippen LogP contribution is 2.31. The molecule has 1 amide bonds. The van der Waals surface area contributed by atoms with E-state index in [1.165, 1.54) is 34.3 Å². The lowest BCUT2D eigenvalue weighted by Gasteiger charge is -2.29. The van der Waals surface area contributed by atoms with Gasteiger partial charge in [-0.3, -0.25) is 9.59 Å². The molecule has 2 aromatic carbocycles. The number of hydrogen-bond donors (Lipinski definition) is 0. The summed E-state index contributed by atoms with van der Waals surface area (Å²) in [6.07, 6.45) is 1.40. The third-order valence-electron chi connectivity index (χ3n) is 5.49. The molecule has 3 rings (SSSR count). The molecule has 1 aliphatic heterocycles. The normalized spacial score (nSPS) is 13.4. The molecule has 33 heavy (non-hydrogen) atoms. The smallest absolute Gasteiger partial charge is 0.321 e. The number of nitrogens with zero attached hydrogens (tertiary/aromatic N) is 2. The lowest BCUT2D eigenvalue weighted by atomic mass is 10.0. The van der Waals surface area contributed by atoms with Crippen molar-refractivity contribution in [2.45, 2.75) is 31.2 Å². The van der Waals surface area contributed by atoms with Crippen molar-refractivity contribution in [2.24, 2.45) is 0 Å². The molecule has 0 saturated carbocycles. The fourth-order valence-corrected chi connectivity index (χ4v) is 5.23. The van der Waals surface area contributed by atoms with E-state index in [9.17, 15) is 18.0 Å². The highest BCUT2D eigenvalue weighted by atomic mass is 32.2. The van der Waals surface area contributed by atoms with Crippen molar-refractivity contribution in [3.05, 3.63) is 47.5 Å². The van der Waals surface area contributed by atoms with Gasteiger partial charge in [-0.2, -0.15) is 4.31 Å². The van der Waals surface area contributed by atoms with Crippen LogP contribution >= 0.6 is 0 Å². The first-order valence-electron chi connectivity index (χ1n) is 10.4. The second kappa shape index (κ2) is 10.2. The van der Waals surface area contributed by atoms with E-state index in [4.69, 9.17) is 14.2 Å². The number of aryl methyl sites for hydroxylation is 1. The molecule has 0 bridgehead atoms. The molecule has 0 aromatic heterocycles. The fraction of sp³-hybridized carbons (Fsp3) is 0.391. The Morgan fingerprint density at radius 2 is 1.70 bits per heavy atom. The predicted molar refractivity (Wildman–Crippen MR) is 122 cm³/mol. The van der Waals surface area contributed by atoms with Crippen LogP contribution in [0, 0.1) is 0 Å². The molecule has 178 valence electrons. The molecular weight excluding hydrogens is 448 g/mol. The van der Waals surface area contributed by atoms with Gasteiger partial charge in [-0.05, 0) is 54.3 Å². The molecule has 0 atom stereocenters. The minimum absolute atomic E-state index is 0.0467. The van der Waals surface area contributed by atoms with Crippen LogP contribution < -0.4 is 14.4 Å². The van der Waals surface area contributed by atoms with Crippen molar-refractivity contribution in [3.8, 4) is 11.5 Å². The number of ether oxygens (including phenoxy) is 3. The van der Waals surface area contributed by atoms with Crippen molar-refractivity contribution in [1.82, 2.24) is 4.31 Å². The van der Waals surface area contributed by atoms with Gasteiger partial charge >= 0.3 is 5.97 Å². The van der Waals surface area contributed by atoms with E-state index >= 15 is 0 Å². The van der Waals surface area contributed by atoms with E-state index in [1.54, 1.807) is 35.2 Å². The van der Waals surface area contributed by atoms with Crippen LogP contribution in [0.25, 0.3) is 0 Å². The summed E-state index contributed by atoms with van der Waals surface area (Å²) < 4.78 is 43.5. The van der Waals surface area contributed by atoms with E-state index in [0.717, 1.165) is 16.3 Å². The molecular formula is C23H28N2O7S. The van der Waals surface area contributed by atoms with Gasteiger partial charge in [-0.1, -0.05) is 0 Å². The van der Waals surface area contributed by atoms with Crippen molar-refractivity contribution in [2.75, 3.05) is 39.3 Å². The molecule has 0 N–H and O–H groups in total. The maximum absolute atomic E-state index is 13.6. The summed E-state index contributed by atoms with van der Waals surface area (Å²) in [7, 11) is 0.136. The van der Waals surface area contributed by atoms with Crippen LogP contribution in [-0.4, -0.2) is 59.0 Å². The first-order chi connectivity index (χ1) is 15.7. The zero-order valence-electron chi connectivity index (χ0n) is 19.2. The first-order valence-corrected chi connectivity index (χ1v) is 11.8. The van der Waals surface area contributed by atoms with E-state index in [1.807, 2.05) is 0 Å². The number of methoxy groups -OCH3 is 3. The Morgan fingerprint density at radius 1 is 1.03 bits per heavy atom. The zero-order valence-corrected chi connectivity index (χ0v) is 20.0. The zero-order chi connectivity index (χ0) is 24.2. The van der Waals surface area contributed by atoms with Gasteiger partial charge < -0.3 is 19.1 Å². The number of amides is 1. The van der Waals surface area contributed by atoms with Crippen LogP contribution in [0.3, 0.4) is 0 Å². The summed E-state index contributed by atoms with van der Waals surface area (Å²) in [5.74, 6) is 0.218. The standard InChI is InChI=1S/C23H28N2O7S/c1-16(26)25-9-5-6-18-12-21(7-8-22(18)25)33(28,29)24(15-23(27)32-4)14-17-10-19(30-2)13-20(11-17)31-3/h7-8,10-13H,5-6,9,14-15H2,1-4H3. The van der Waals surface area contributed by atoms with Gasteiger partial charge in [0, 0.05) is 31.8 Å².